The van der Waals surface area contributed by atoms with Gasteiger partial charge in [-0.05, 0) is 81.4 Å². The molecule has 0 unspecified atom stereocenters. The second kappa shape index (κ2) is 12.0. The van der Waals surface area contributed by atoms with Crippen LogP contribution in [0.2, 0.25) is 5.02 Å². The molecule has 1 aliphatic rings. The number of thiophene rings is 1. The number of aliphatic imine (C=N–C) groups is 2. The fourth-order valence-electron chi connectivity index (χ4n) is 6.82. The minimum atomic E-state index is 0.626. The van der Waals surface area contributed by atoms with Crippen molar-refractivity contribution in [2.75, 3.05) is 0 Å². The number of benzene rings is 7. The average molecular weight is 653 g/mol. The largest absolute Gasteiger partial charge is 0.232 e. The van der Waals surface area contributed by atoms with Crippen LogP contribution >= 0.6 is 22.9 Å². The third-order valence-corrected chi connectivity index (χ3v) is 10.7. The predicted molar refractivity (Wildman–Crippen MR) is 208 cm³/mol. The van der Waals surface area contributed by atoms with E-state index in [9.17, 15) is 0 Å². The number of hydrogen-bond donors (Lipinski definition) is 0. The lowest BCUT2D eigenvalue weighted by Crippen LogP contribution is -2.10. The van der Waals surface area contributed by atoms with E-state index >= 15 is 0 Å². The van der Waals surface area contributed by atoms with Gasteiger partial charge in [0.05, 0.1) is 16.4 Å². The van der Waals surface area contributed by atoms with Crippen LogP contribution < -0.4 is 0 Å². The number of nitrogens with zero attached hydrogens (tertiary/aromatic N) is 2. The molecule has 0 N–H and O–H groups in total. The van der Waals surface area contributed by atoms with Gasteiger partial charge in [0.15, 0.2) is 5.84 Å². The quantitative estimate of drug-likeness (QED) is 0.181. The van der Waals surface area contributed by atoms with Crippen LogP contribution in [0.5, 0.6) is 0 Å². The normalized spacial score (nSPS) is 14.8. The van der Waals surface area contributed by atoms with Gasteiger partial charge in [0.2, 0.25) is 0 Å². The molecule has 0 spiro atoms. The van der Waals surface area contributed by atoms with Gasteiger partial charge in [-0.2, -0.15) is 0 Å². The molecule has 0 bridgehead atoms. The fourth-order valence-corrected chi connectivity index (χ4v) is 8.28. The lowest BCUT2D eigenvalue weighted by atomic mass is 9.97. The number of halogens is 1. The maximum absolute atomic E-state index is 7.18. The number of fused-ring (bicyclic) bond motifs is 6. The minimum absolute atomic E-state index is 0.626. The van der Waals surface area contributed by atoms with Gasteiger partial charge in [0.1, 0.15) is 0 Å². The van der Waals surface area contributed by atoms with Gasteiger partial charge in [-0.15, -0.1) is 11.3 Å². The summed E-state index contributed by atoms with van der Waals surface area (Å²) in [4.78, 5) is 10.7. The molecular formula is C44H29ClN2S. The Bertz CT molecular complexity index is 2630. The first kappa shape index (κ1) is 28.8. The molecule has 1 aliphatic heterocycles. The molecule has 48 heavy (non-hydrogen) atoms. The number of amidine groups is 1. The van der Waals surface area contributed by atoms with Crippen LogP contribution in [0.3, 0.4) is 0 Å². The summed E-state index contributed by atoms with van der Waals surface area (Å²) < 4.78 is 2.40. The van der Waals surface area contributed by atoms with E-state index in [1.54, 1.807) is 11.3 Å². The van der Waals surface area contributed by atoms with Crippen LogP contribution in [-0.2, 0) is 0 Å². The van der Waals surface area contributed by atoms with Gasteiger partial charge >= 0.3 is 0 Å². The predicted octanol–water partition coefficient (Wildman–Crippen LogP) is 12.8. The summed E-state index contributed by atoms with van der Waals surface area (Å²) in [7, 11) is 0. The van der Waals surface area contributed by atoms with E-state index < -0.39 is 0 Å². The summed E-state index contributed by atoms with van der Waals surface area (Å²) in [5, 5.41) is 7.94. The van der Waals surface area contributed by atoms with Gasteiger partial charge in [-0.1, -0.05) is 133 Å². The molecule has 0 radical (unpaired) electrons. The highest BCUT2D eigenvalue weighted by atomic mass is 35.5. The highest BCUT2D eigenvalue weighted by Crippen LogP contribution is 2.41. The van der Waals surface area contributed by atoms with E-state index in [0.29, 0.717) is 10.9 Å². The van der Waals surface area contributed by atoms with Gasteiger partial charge < -0.3 is 0 Å². The van der Waals surface area contributed by atoms with Crippen LogP contribution in [0.4, 0.5) is 0 Å². The summed E-state index contributed by atoms with van der Waals surface area (Å²) >= 11 is 8.96. The zero-order valence-corrected chi connectivity index (χ0v) is 27.6. The maximum Gasteiger partial charge on any atom is 0.161 e. The molecule has 2 nitrogen and oxygen atoms in total. The van der Waals surface area contributed by atoms with E-state index in [4.69, 9.17) is 21.6 Å². The lowest BCUT2D eigenvalue weighted by Gasteiger charge is -2.15. The van der Waals surface area contributed by atoms with Gasteiger partial charge in [0.25, 0.3) is 0 Å². The van der Waals surface area contributed by atoms with Gasteiger partial charge in [0, 0.05) is 31.3 Å². The van der Waals surface area contributed by atoms with Crippen molar-refractivity contribution in [1.29, 1.82) is 0 Å². The third-order valence-electron chi connectivity index (χ3n) is 9.22. The van der Waals surface area contributed by atoms with Crippen LogP contribution in [-0.4, -0.2) is 11.5 Å². The van der Waals surface area contributed by atoms with Crippen LogP contribution in [0.1, 0.15) is 29.5 Å². The fraction of sp³-hybridized carbons (Fsp3) is 0.0455. The van der Waals surface area contributed by atoms with E-state index in [1.807, 2.05) is 0 Å². The Morgan fingerprint density at radius 3 is 2.17 bits per heavy atom. The number of rotatable bonds is 4. The number of hydrogen-bond acceptors (Lipinski definition) is 3. The van der Waals surface area contributed by atoms with Crippen LogP contribution in [0, 0.1) is 0 Å². The van der Waals surface area contributed by atoms with E-state index in [-0.39, 0.29) is 0 Å². The molecule has 0 aliphatic carbocycles. The zero-order chi connectivity index (χ0) is 32.0. The summed E-state index contributed by atoms with van der Waals surface area (Å²) in [6, 6.07) is 51.5. The van der Waals surface area contributed by atoms with Crippen molar-refractivity contribution in [3.05, 3.63) is 173 Å². The van der Waals surface area contributed by atoms with Crippen molar-refractivity contribution >= 4 is 81.9 Å². The first-order valence-corrected chi connectivity index (χ1v) is 17.4. The summed E-state index contributed by atoms with van der Waals surface area (Å²) in [6.45, 7) is 0. The molecule has 0 saturated heterocycles. The Hall–Kier alpha value is -5.35. The molecule has 0 amide bonds. The second-order valence-electron chi connectivity index (χ2n) is 12.2. The highest BCUT2D eigenvalue weighted by Gasteiger charge is 2.19. The first-order chi connectivity index (χ1) is 23.7. The van der Waals surface area contributed by atoms with E-state index in [0.717, 1.165) is 45.6 Å². The Balaban J connectivity index is 1.25. The molecule has 228 valence electrons. The van der Waals surface area contributed by atoms with Crippen LogP contribution in [0.15, 0.2) is 162 Å². The molecule has 8 aromatic rings. The molecular weight excluding hydrogens is 624 g/mol. The molecule has 0 saturated carbocycles. The third kappa shape index (κ3) is 5.22. The smallest absolute Gasteiger partial charge is 0.161 e. The average Bonchev–Trinajstić information content (AvgIpc) is 3.49. The van der Waals surface area contributed by atoms with Crippen molar-refractivity contribution in [3.63, 3.8) is 0 Å². The SMILES string of the molecule is Clc1cc2sc3ccc4ccccc4c3c2cc1C1=N/C(c2ccc3ccccc3c2)=C\CCC(c2cccc(-c3ccccc3)c2)=N1. The van der Waals surface area contributed by atoms with Crippen molar-refractivity contribution in [2.45, 2.75) is 12.8 Å². The van der Waals surface area contributed by atoms with Crippen molar-refractivity contribution in [2.24, 2.45) is 9.98 Å². The summed E-state index contributed by atoms with van der Waals surface area (Å²) in [6.07, 6.45) is 3.85. The van der Waals surface area contributed by atoms with Crippen molar-refractivity contribution in [1.82, 2.24) is 0 Å². The molecule has 0 fully saturated rings. The Morgan fingerprint density at radius 2 is 1.27 bits per heavy atom. The van der Waals surface area contributed by atoms with Gasteiger partial charge in [-0.25, -0.2) is 9.98 Å². The molecule has 2 heterocycles. The minimum Gasteiger partial charge on any atom is -0.232 e. The molecule has 9 rings (SSSR count). The first-order valence-electron chi connectivity index (χ1n) is 16.2. The van der Waals surface area contributed by atoms with Crippen molar-refractivity contribution < 1.29 is 0 Å². The van der Waals surface area contributed by atoms with Crippen molar-refractivity contribution in [3.8, 4) is 11.1 Å². The van der Waals surface area contributed by atoms with Gasteiger partial charge in [-0.3, -0.25) is 0 Å². The Kier molecular flexibility index (Phi) is 7.23. The monoisotopic (exact) mass is 652 g/mol. The summed E-state index contributed by atoms with van der Waals surface area (Å²) in [5.41, 5.74) is 7.26. The summed E-state index contributed by atoms with van der Waals surface area (Å²) in [5.74, 6) is 0.626. The van der Waals surface area contributed by atoms with E-state index in [1.165, 1.54) is 48.1 Å². The molecule has 7 aromatic carbocycles. The molecule has 0 atom stereocenters. The second-order valence-corrected chi connectivity index (χ2v) is 13.7. The number of allylic oxidation sites excluding steroid dienone is 1. The van der Waals surface area contributed by atoms with E-state index in [2.05, 4.69) is 152 Å². The Labute approximate surface area is 288 Å². The van der Waals surface area contributed by atoms with Crippen LogP contribution in [0.25, 0.3) is 58.5 Å². The Morgan fingerprint density at radius 1 is 0.521 bits per heavy atom. The highest BCUT2D eigenvalue weighted by molar-refractivity contribution is 7.26. The maximum atomic E-state index is 7.18. The zero-order valence-electron chi connectivity index (χ0n) is 26.0. The topological polar surface area (TPSA) is 24.7 Å². The standard InChI is InChI=1S/C44H29ClN2S/c45-38-27-42-37(43-35-17-7-6-13-30(35)22-23-41(43)48-42)26-36(38)44-46-39(33-16-8-15-32(24-33)28-10-2-1-3-11-28)18-9-19-40(47-44)34-21-20-29-12-4-5-14-31(29)25-34/h1-8,10-17,19-27H,9,18H2/b40-19-,46-39?,47-44?. The molecule has 1 aromatic heterocycles. The molecule has 4 heteroatoms. The lowest BCUT2D eigenvalue weighted by molar-refractivity contribution is 1.08.